The molecule has 1 N–H and O–H groups in total. The minimum Gasteiger partial charge on any atom is -0.465 e. The SMILES string of the molecule is CCOC(=O)CNC1CCOC(CC)(CC)C1. The normalized spacial score (nSPS) is 23.4. The number of carbonyl (C=O) groups excluding carboxylic acids is 1. The zero-order chi connectivity index (χ0) is 12.7. The van der Waals surface area contributed by atoms with E-state index in [2.05, 4.69) is 19.2 Å². The predicted octanol–water partition coefficient (Wildman–Crippen LogP) is 1.88. The first-order valence-corrected chi connectivity index (χ1v) is 6.68. The van der Waals surface area contributed by atoms with Crippen LogP contribution < -0.4 is 5.32 Å². The van der Waals surface area contributed by atoms with E-state index in [0.717, 1.165) is 32.3 Å². The predicted molar refractivity (Wildman–Crippen MR) is 66.9 cm³/mol. The number of ether oxygens (including phenoxy) is 2. The van der Waals surface area contributed by atoms with Gasteiger partial charge in [-0.05, 0) is 32.6 Å². The summed E-state index contributed by atoms with van der Waals surface area (Å²) in [5.74, 6) is -0.169. The van der Waals surface area contributed by atoms with Crippen molar-refractivity contribution in [2.45, 2.75) is 58.1 Å². The maximum Gasteiger partial charge on any atom is 0.319 e. The maximum absolute atomic E-state index is 11.3. The smallest absolute Gasteiger partial charge is 0.319 e. The second kappa shape index (κ2) is 6.97. The van der Waals surface area contributed by atoms with Crippen molar-refractivity contribution in [3.63, 3.8) is 0 Å². The fourth-order valence-corrected chi connectivity index (χ4v) is 2.38. The van der Waals surface area contributed by atoms with E-state index in [1.807, 2.05) is 6.92 Å². The molecule has 0 saturated carbocycles. The maximum atomic E-state index is 11.3. The second-order valence-corrected chi connectivity index (χ2v) is 4.61. The van der Waals surface area contributed by atoms with Crippen LogP contribution in [0.5, 0.6) is 0 Å². The van der Waals surface area contributed by atoms with Gasteiger partial charge in [0.15, 0.2) is 0 Å². The number of esters is 1. The van der Waals surface area contributed by atoms with E-state index >= 15 is 0 Å². The first-order valence-electron chi connectivity index (χ1n) is 6.68. The van der Waals surface area contributed by atoms with Crippen molar-refractivity contribution in [1.29, 1.82) is 0 Å². The standard InChI is InChI=1S/C13H25NO3/c1-4-13(5-2)9-11(7-8-17-13)14-10-12(15)16-6-3/h11,14H,4-10H2,1-3H3. The summed E-state index contributed by atoms with van der Waals surface area (Å²) in [6, 6.07) is 0.369. The van der Waals surface area contributed by atoms with Crippen LogP contribution in [0.1, 0.15) is 46.5 Å². The van der Waals surface area contributed by atoms with Crippen LogP contribution in [-0.2, 0) is 14.3 Å². The van der Waals surface area contributed by atoms with Crippen LogP contribution >= 0.6 is 0 Å². The summed E-state index contributed by atoms with van der Waals surface area (Å²) in [5.41, 5.74) is 0.00454. The summed E-state index contributed by atoms with van der Waals surface area (Å²) in [6.45, 7) is 7.69. The Morgan fingerprint density at radius 2 is 2.12 bits per heavy atom. The van der Waals surface area contributed by atoms with Gasteiger partial charge in [-0.1, -0.05) is 13.8 Å². The van der Waals surface area contributed by atoms with Crippen molar-refractivity contribution >= 4 is 5.97 Å². The molecule has 0 aromatic heterocycles. The molecule has 0 aromatic carbocycles. The van der Waals surface area contributed by atoms with E-state index in [0.29, 0.717) is 19.2 Å². The van der Waals surface area contributed by atoms with Crippen LogP contribution in [0.2, 0.25) is 0 Å². The van der Waals surface area contributed by atoms with E-state index in [1.54, 1.807) is 0 Å². The molecule has 0 radical (unpaired) electrons. The summed E-state index contributed by atoms with van der Waals surface area (Å²) in [7, 11) is 0. The molecule has 1 atom stereocenters. The van der Waals surface area contributed by atoms with E-state index in [4.69, 9.17) is 9.47 Å². The summed E-state index contributed by atoms with van der Waals surface area (Å²) in [4.78, 5) is 11.3. The Morgan fingerprint density at radius 3 is 2.71 bits per heavy atom. The zero-order valence-corrected chi connectivity index (χ0v) is 11.3. The topological polar surface area (TPSA) is 47.6 Å². The molecule has 0 spiro atoms. The van der Waals surface area contributed by atoms with Crippen molar-refractivity contribution in [3.05, 3.63) is 0 Å². The number of carbonyl (C=O) groups is 1. The van der Waals surface area contributed by atoms with Gasteiger partial charge in [-0.25, -0.2) is 0 Å². The molecule has 1 heterocycles. The van der Waals surface area contributed by atoms with Crippen LogP contribution in [0.25, 0.3) is 0 Å². The van der Waals surface area contributed by atoms with E-state index in [9.17, 15) is 4.79 Å². The lowest BCUT2D eigenvalue weighted by atomic mass is 9.86. The first-order chi connectivity index (χ1) is 8.15. The Hall–Kier alpha value is -0.610. The first kappa shape index (κ1) is 14.5. The molecule has 1 aliphatic heterocycles. The van der Waals surface area contributed by atoms with Gasteiger partial charge in [0.25, 0.3) is 0 Å². The van der Waals surface area contributed by atoms with E-state index in [1.165, 1.54) is 0 Å². The van der Waals surface area contributed by atoms with Crippen molar-refractivity contribution in [2.24, 2.45) is 0 Å². The molecule has 4 heteroatoms. The number of hydrogen-bond acceptors (Lipinski definition) is 4. The Labute approximate surface area is 104 Å². The van der Waals surface area contributed by atoms with Gasteiger partial charge >= 0.3 is 5.97 Å². The van der Waals surface area contributed by atoms with Crippen molar-refractivity contribution < 1.29 is 14.3 Å². The summed E-state index contributed by atoms with van der Waals surface area (Å²) >= 11 is 0. The second-order valence-electron chi connectivity index (χ2n) is 4.61. The van der Waals surface area contributed by atoms with Crippen LogP contribution in [0.4, 0.5) is 0 Å². The highest BCUT2D eigenvalue weighted by Crippen LogP contribution is 2.31. The van der Waals surface area contributed by atoms with Crippen LogP contribution in [0.3, 0.4) is 0 Å². The zero-order valence-electron chi connectivity index (χ0n) is 11.3. The molecule has 0 amide bonds. The molecule has 4 nitrogen and oxygen atoms in total. The lowest BCUT2D eigenvalue weighted by Crippen LogP contribution is -2.47. The molecule has 1 unspecified atom stereocenters. The highest BCUT2D eigenvalue weighted by molar-refractivity contribution is 5.71. The van der Waals surface area contributed by atoms with Gasteiger partial charge < -0.3 is 14.8 Å². The van der Waals surface area contributed by atoms with Gasteiger partial charge in [-0.15, -0.1) is 0 Å². The third-order valence-electron chi connectivity index (χ3n) is 3.62. The molecular weight excluding hydrogens is 218 g/mol. The highest BCUT2D eigenvalue weighted by atomic mass is 16.5. The van der Waals surface area contributed by atoms with Gasteiger partial charge in [0.2, 0.25) is 0 Å². The van der Waals surface area contributed by atoms with Crippen LogP contribution in [-0.4, -0.2) is 37.4 Å². The Bertz CT molecular complexity index is 239. The van der Waals surface area contributed by atoms with Crippen LogP contribution in [0.15, 0.2) is 0 Å². The summed E-state index contributed by atoms with van der Waals surface area (Å²) in [6.07, 6.45) is 4.02. The lowest BCUT2D eigenvalue weighted by molar-refractivity contribution is -0.142. The fraction of sp³-hybridized carbons (Fsp3) is 0.923. The van der Waals surface area contributed by atoms with E-state index < -0.39 is 0 Å². The molecule has 100 valence electrons. The van der Waals surface area contributed by atoms with Crippen LogP contribution in [0, 0.1) is 0 Å². The quantitative estimate of drug-likeness (QED) is 0.724. The van der Waals surface area contributed by atoms with Gasteiger partial charge in [-0.3, -0.25) is 4.79 Å². The average Bonchev–Trinajstić information content (AvgIpc) is 2.37. The monoisotopic (exact) mass is 243 g/mol. The Morgan fingerprint density at radius 1 is 1.41 bits per heavy atom. The largest absolute Gasteiger partial charge is 0.465 e. The molecule has 0 aliphatic carbocycles. The third-order valence-corrected chi connectivity index (χ3v) is 3.62. The molecular formula is C13H25NO3. The van der Waals surface area contributed by atoms with Crippen molar-refractivity contribution in [1.82, 2.24) is 5.32 Å². The summed E-state index contributed by atoms with van der Waals surface area (Å²) < 4.78 is 10.8. The van der Waals surface area contributed by atoms with Gasteiger partial charge in [-0.2, -0.15) is 0 Å². The third kappa shape index (κ3) is 4.28. The lowest BCUT2D eigenvalue weighted by Gasteiger charge is -2.40. The average molecular weight is 243 g/mol. The van der Waals surface area contributed by atoms with Crippen molar-refractivity contribution in [3.8, 4) is 0 Å². The molecule has 0 aromatic rings. The minimum atomic E-state index is -0.169. The molecule has 1 rings (SSSR count). The minimum absolute atomic E-state index is 0.00454. The van der Waals surface area contributed by atoms with Gasteiger partial charge in [0, 0.05) is 12.6 Å². The van der Waals surface area contributed by atoms with Gasteiger partial charge in [0.05, 0.1) is 18.8 Å². The number of rotatable bonds is 6. The van der Waals surface area contributed by atoms with Crippen molar-refractivity contribution in [2.75, 3.05) is 19.8 Å². The van der Waals surface area contributed by atoms with Gasteiger partial charge in [0.1, 0.15) is 0 Å². The highest BCUT2D eigenvalue weighted by Gasteiger charge is 2.34. The Kier molecular flexibility index (Phi) is 5.92. The molecule has 0 bridgehead atoms. The molecule has 17 heavy (non-hydrogen) atoms. The molecule has 1 aliphatic rings. The number of nitrogens with one attached hydrogen (secondary N) is 1. The Balaban J connectivity index is 2.37. The molecule has 1 fully saturated rings. The van der Waals surface area contributed by atoms with E-state index in [-0.39, 0.29) is 11.6 Å². The molecule has 1 saturated heterocycles. The summed E-state index contributed by atoms with van der Waals surface area (Å²) in [5, 5.41) is 3.28. The fourth-order valence-electron chi connectivity index (χ4n) is 2.38. The number of hydrogen-bond donors (Lipinski definition) is 1.